The number of carbonyl (C=O) groups is 1. The van der Waals surface area contributed by atoms with E-state index in [1.54, 1.807) is 11.3 Å². The molecular weight excluding hydrogens is 394 g/mol. The second-order valence-corrected chi connectivity index (χ2v) is 9.32. The first-order chi connectivity index (χ1) is 14.7. The topological polar surface area (TPSA) is 44.8 Å². The molecule has 1 N–H and O–H groups in total. The molecule has 0 bridgehead atoms. The van der Waals surface area contributed by atoms with Crippen LogP contribution in [-0.4, -0.2) is 62.8 Å². The summed E-state index contributed by atoms with van der Waals surface area (Å²) in [6.07, 6.45) is 4.96. The highest BCUT2D eigenvalue weighted by Crippen LogP contribution is 2.39. The van der Waals surface area contributed by atoms with E-state index in [4.69, 9.17) is 4.74 Å². The van der Waals surface area contributed by atoms with Gasteiger partial charge in [-0.25, -0.2) is 0 Å². The van der Waals surface area contributed by atoms with Crippen LogP contribution in [0.15, 0.2) is 36.4 Å². The summed E-state index contributed by atoms with van der Waals surface area (Å²) in [7, 11) is 0. The van der Waals surface area contributed by atoms with Crippen molar-refractivity contribution in [1.29, 1.82) is 0 Å². The number of thiophene rings is 1. The molecule has 2 saturated heterocycles. The normalized spacial score (nSPS) is 20.3. The van der Waals surface area contributed by atoms with E-state index in [0.29, 0.717) is 6.04 Å². The van der Waals surface area contributed by atoms with Crippen LogP contribution >= 0.6 is 11.3 Å². The summed E-state index contributed by atoms with van der Waals surface area (Å²) in [6, 6.07) is 13.1. The third-order valence-corrected chi connectivity index (χ3v) is 7.36. The van der Waals surface area contributed by atoms with E-state index in [1.165, 1.54) is 30.8 Å². The highest BCUT2D eigenvalue weighted by atomic mass is 32.1. The summed E-state index contributed by atoms with van der Waals surface area (Å²) in [5.41, 5.74) is 2.31. The Bertz CT molecular complexity index is 817. The number of likely N-dealkylation sites (tertiary alicyclic amines) is 1. The Hall–Kier alpha value is -1.89. The first-order valence-corrected chi connectivity index (χ1v) is 12.1. The van der Waals surface area contributed by atoms with Crippen LogP contribution in [0.3, 0.4) is 0 Å². The molecule has 1 amide bonds. The van der Waals surface area contributed by atoms with E-state index >= 15 is 0 Å². The van der Waals surface area contributed by atoms with E-state index in [2.05, 4.69) is 52.4 Å². The molecule has 2 aromatic rings. The van der Waals surface area contributed by atoms with Gasteiger partial charge in [0.25, 0.3) is 5.91 Å². The van der Waals surface area contributed by atoms with Crippen LogP contribution < -0.4 is 10.2 Å². The molecule has 3 heterocycles. The van der Waals surface area contributed by atoms with Crippen molar-refractivity contribution in [2.75, 3.05) is 50.8 Å². The fourth-order valence-electron chi connectivity index (χ4n) is 4.38. The van der Waals surface area contributed by atoms with E-state index in [1.807, 2.05) is 6.07 Å². The van der Waals surface area contributed by atoms with Crippen molar-refractivity contribution in [2.24, 2.45) is 0 Å². The van der Waals surface area contributed by atoms with Crippen molar-refractivity contribution in [3.05, 3.63) is 41.3 Å². The molecule has 2 aliphatic heterocycles. The van der Waals surface area contributed by atoms with Crippen molar-refractivity contribution < 1.29 is 9.53 Å². The van der Waals surface area contributed by atoms with Gasteiger partial charge in [0.05, 0.1) is 23.1 Å². The lowest BCUT2D eigenvalue weighted by Crippen LogP contribution is -2.39. The maximum atomic E-state index is 12.9. The number of ether oxygens (including phenoxy) is 1. The molecule has 0 saturated carbocycles. The standard InChI is InChI=1S/C24H33N3O2S/c1-19-8-5-6-12-26(19)13-7-11-25-23(28)22-18-21(20-9-3-2-4-10-20)24(30-22)27-14-16-29-17-15-27/h2-4,9-10,18-19H,5-8,11-17H2,1H3,(H,25,28)/t19-/m0/s1. The number of nitrogens with one attached hydrogen (secondary N) is 1. The first kappa shape index (κ1) is 21.3. The van der Waals surface area contributed by atoms with Gasteiger partial charge < -0.3 is 19.9 Å². The number of morpholine rings is 1. The van der Waals surface area contributed by atoms with Crippen LogP contribution in [0.2, 0.25) is 0 Å². The van der Waals surface area contributed by atoms with Crippen molar-refractivity contribution in [3.8, 4) is 11.1 Å². The third-order valence-electron chi connectivity index (χ3n) is 6.17. The Labute approximate surface area is 184 Å². The van der Waals surface area contributed by atoms with Gasteiger partial charge in [0.15, 0.2) is 0 Å². The predicted octanol–water partition coefficient (Wildman–Crippen LogP) is 4.25. The lowest BCUT2D eigenvalue weighted by Gasteiger charge is -2.33. The van der Waals surface area contributed by atoms with Crippen molar-refractivity contribution in [2.45, 2.75) is 38.6 Å². The third kappa shape index (κ3) is 5.23. The number of carbonyl (C=O) groups excluding carboxylic acids is 1. The van der Waals surface area contributed by atoms with Crippen LogP contribution in [0, 0.1) is 0 Å². The number of nitrogens with zero attached hydrogens (tertiary/aromatic N) is 2. The SMILES string of the molecule is C[C@H]1CCCCN1CCCNC(=O)c1cc(-c2ccccc2)c(N2CCOCC2)s1. The Morgan fingerprint density at radius 3 is 2.73 bits per heavy atom. The number of benzene rings is 1. The van der Waals surface area contributed by atoms with Crippen LogP contribution in [0.1, 0.15) is 42.3 Å². The lowest BCUT2D eigenvalue weighted by molar-refractivity contribution is 0.0953. The van der Waals surface area contributed by atoms with Gasteiger partial charge >= 0.3 is 0 Å². The van der Waals surface area contributed by atoms with Gasteiger partial charge in [-0.2, -0.15) is 0 Å². The molecule has 2 aliphatic rings. The smallest absolute Gasteiger partial charge is 0.261 e. The molecular formula is C24H33N3O2S. The summed E-state index contributed by atoms with van der Waals surface area (Å²) in [6.45, 7) is 8.54. The average Bonchev–Trinajstić information content (AvgIpc) is 3.25. The first-order valence-electron chi connectivity index (χ1n) is 11.3. The second-order valence-electron chi connectivity index (χ2n) is 8.29. The Morgan fingerprint density at radius 2 is 1.97 bits per heavy atom. The van der Waals surface area contributed by atoms with Gasteiger partial charge in [0.2, 0.25) is 0 Å². The number of rotatable bonds is 7. The molecule has 5 nitrogen and oxygen atoms in total. The summed E-state index contributed by atoms with van der Waals surface area (Å²) in [4.78, 5) is 18.6. The van der Waals surface area contributed by atoms with Gasteiger partial charge in [0, 0.05) is 37.8 Å². The van der Waals surface area contributed by atoms with Crippen molar-refractivity contribution in [1.82, 2.24) is 10.2 Å². The molecule has 30 heavy (non-hydrogen) atoms. The van der Waals surface area contributed by atoms with Crippen molar-refractivity contribution in [3.63, 3.8) is 0 Å². The zero-order valence-electron chi connectivity index (χ0n) is 17.9. The number of hydrogen-bond acceptors (Lipinski definition) is 5. The van der Waals surface area contributed by atoms with E-state index in [-0.39, 0.29) is 5.91 Å². The molecule has 6 heteroatoms. The fourth-order valence-corrected chi connectivity index (χ4v) is 5.53. The molecule has 162 valence electrons. The predicted molar refractivity (Wildman–Crippen MR) is 125 cm³/mol. The highest BCUT2D eigenvalue weighted by molar-refractivity contribution is 7.18. The number of hydrogen-bond donors (Lipinski definition) is 1. The van der Waals surface area contributed by atoms with Gasteiger partial charge in [-0.05, 0) is 44.4 Å². The van der Waals surface area contributed by atoms with Gasteiger partial charge in [-0.15, -0.1) is 11.3 Å². The monoisotopic (exact) mass is 427 g/mol. The highest BCUT2D eigenvalue weighted by Gasteiger charge is 2.22. The minimum absolute atomic E-state index is 0.0448. The minimum atomic E-state index is 0.0448. The summed E-state index contributed by atoms with van der Waals surface area (Å²) < 4.78 is 5.52. The van der Waals surface area contributed by atoms with E-state index < -0.39 is 0 Å². The number of anilines is 1. The zero-order valence-corrected chi connectivity index (χ0v) is 18.8. The molecule has 0 radical (unpaired) electrons. The van der Waals surface area contributed by atoms with Gasteiger partial charge in [-0.3, -0.25) is 4.79 Å². The molecule has 2 fully saturated rings. The molecule has 0 spiro atoms. The van der Waals surface area contributed by atoms with Gasteiger partial charge in [0.1, 0.15) is 0 Å². The minimum Gasteiger partial charge on any atom is -0.378 e. The van der Waals surface area contributed by atoms with Crippen LogP contribution in [0.5, 0.6) is 0 Å². The second kappa shape index (κ2) is 10.4. The largest absolute Gasteiger partial charge is 0.378 e. The van der Waals surface area contributed by atoms with Crippen LogP contribution in [0.25, 0.3) is 11.1 Å². The Kier molecular flexibility index (Phi) is 7.42. The zero-order chi connectivity index (χ0) is 20.8. The molecule has 1 aromatic heterocycles. The quantitative estimate of drug-likeness (QED) is 0.671. The van der Waals surface area contributed by atoms with Crippen LogP contribution in [-0.2, 0) is 4.74 Å². The number of amides is 1. The van der Waals surface area contributed by atoms with Gasteiger partial charge in [-0.1, -0.05) is 36.8 Å². The molecule has 0 unspecified atom stereocenters. The Balaban J connectivity index is 1.40. The van der Waals surface area contributed by atoms with E-state index in [0.717, 1.165) is 61.8 Å². The maximum Gasteiger partial charge on any atom is 0.261 e. The molecule has 1 aromatic carbocycles. The van der Waals surface area contributed by atoms with Crippen molar-refractivity contribution >= 4 is 22.2 Å². The van der Waals surface area contributed by atoms with E-state index in [9.17, 15) is 4.79 Å². The molecule has 1 atom stereocenters. The summed E-state index contributed by atoms with van der Waals surface area (Å²) in [5.74, 6) is 0.0448. The summed E-state index contributed by atoms with van der Waals surface area (Å²) in [5, 5.41) is 4.33. The number of piperidine rings is 1. The molecule has 4 rings (SSSR count). The Morgan fingerprint density at radius 1 is 1.17 bits per heavy atom. The molecule has 0 aliphatic carbocycles. The lowest BCUT2D eigenvalue weighted by atomic mass is 10.0. The maximum absolute atomic E-state index is 12.9. The average molecular weight is 428 g/mol. The van der Waals surface area contributed by atoms with Crippen LogP contribution in [0.4, 0.5) is 5.00 Å². The summed E-state index contributed by atoms with van der Waals surface area (Å²) >= 11 is 1.60. The fraction of sp³-hybridized carbons (Fsp3) is 0.542.